The highest BCUT2D eigenvalue weighted by Crippen LogP contribution is 2.25. The second-order valence-corrected chi connectivity index (χ2v) is 7.77. The molecule has 0 radical (unpaired) electrons. The van der Waals surface area contributed by atoms with Crippen LogP contribution < -0.4 is 16.5 Å². The SMILES string of the molecule is Cc1cc(Nc2cc(C(N)=O)ccc2C)n(-c2cc(NN3CCN(C)CC3)ncn2)n1. The third-order valence-corrected chi connectivity index (χ3v) is 5.26. The van der Waals surface area contributed by atoms with Gasteiger partial charge >= 0.3 is 0 Å². The molecule has 4 N–H and O–H groups in total. The molecular weight excluding hydrogens is 394 g/mol. The Hall–Kier alpha value is -3.50. The van der Waals surface area contributed by atoms with Crippen molar-refractivity contribution in [3.8, 4) is 5.82 Å². The van der Waals surface area contributed by atoms with E-state index in [1.807, 2.05) is 32.0 Å². The highest BCUT2D eigenvalue weighted by molar-refractivity contribution is 5.94. The van der Waals surface area contributed by atoms with Crippen LogP contribution in [0.1, 0.15) is 21.6 Å². The van der Waals surface area contributed by atoms with Crippen LogP contribution in [0.15, 0.2) is 36.7 Å². The van der Waals surface area contributed by atoms with E-state index >= 15 is 0 Å². The lowest BCUT2D eigenvalue weighted by molar-refractivity contribution is 0.100. The number of carbonyl (C=O) groups excluding carboxylic acids is 1. The maximum atomic E-state index is 11.6. The number of hydrogen-bond acceptors (Lipinski definition) is 8. The summed E-state index contributed by atoms with van der Waals surface area (Å²) in [6.45, 7) is 7.71. The van der Waals surface area contributed by atoms with E-state index in [9.17, 15) is 4.79 Å². The van der Waals surface area contributed by atoms with Crippen molar-refractivity contribution in [3.05, 3.63) is 53.5 Å². The summed E-state index contributed by atoms with van der Waals surface area (Å²) in [5.41, 5.74) is 11.8. The fourth-order valence-electron chi connectivity index (χ4n) is 3.42. The molecule has 3 heterocycles. The van der Waals surface area contributed by atoms with Crippen molar-refractivity contribution in [2.45, 2.75) is 13.8 Å². The number of nitrogens with zero attached hydrogens (tertiary/aromatic N) is 6. The molecule has 0 bridgehead atoms. The van der Waals surface area contributed by atoms with E-state index in [0.29, 0.717) is 17.2 Å². The molecule has 1 fully saturated rings. The first-order chi connectivity index (χ1) is 14.9. The molecule has 1 saturated heterocycles. The number of aromatic nitrogens is 4. The van der Waals surface area contributed by atoms with E-state index in [-0.39, 0.29) is 0 Å². The van der Waals surface area contributed by atoms with Crippen LogP contribution in [0.5, 0.6) is 0 Å². The number of anilines is 3. The number of primary amides is 1. The molecule has 10 nitrogen and oxygen atoms in total. The lowest BCUT2D eigenvalue weighted by atomic mass is 10.1. The zero-order chi connectivity index (χ0) is 22.0. The Labute approximate surface area is 181 Å². The minimum atomic E-state index is -0.469. The minimum absolute atomic E-state index is 0.441. The number of hydrazine groups is 1. The molecule has 31 heavy (non-hydrogen) atoms. The summed E-state index contributed by atoms with van der Waals surface area (Å²) in [5.74, 6) is 1.60. The van der Waals surface area contributed by atoms with Gasteiger partial charge in [-0.3, -0.25) is 4.79 Å². The quantitative estimate of drug-likeness (QED) is 0.551. The largest absolute Gasteiger partial charge is 0.366 e. The Morgan fingerprint density at radius 2 is 1.84 bits per heavy atom. The third kappa shape index (κ3) is 4.81. The average molecular weight is 422 g/mol. The average Bonchev–Trinajstić information content (AvgIpc) is 3.11. The van der Waals surface area contributed by atoms with Gasteiger partial charge in [0.1, 0.15) is 18.0 Å². The van der Waals surface area contributed by atoms with Crippen LogP contribution in [-0.2, 0) is 0 Å². The highest BCUT2D eigenvalue weighted by atomic mass is 16.1. The van der Waals surface area contributed by atoms with Crippen LogP contribution in [0.3, 0.4) is 0 Å². The normalized spacial score (nSPS) is 15.1. The molecule has 0 spiro atoms. The van der Waals surface area contributed by atoms with Crippen molar-refractivity contribution >= 4 is 23.2 Å². The van der Waals surface area contributed by atoms with Crippen LogP contribution in [-0.4, -0.2) is 68.8 Å². The number of amides is 1. The lowest BCUT2D eigenvalue weighted by Crippen LogP contribution is -2.47. The molecule has 1 aliphatic rings. The Bertz CT molecular complexity index is 1090. The van der Waals surface area contributed by atoms with Crippen molar-refractivity contribution in [1.29, 1.82) is 0 Å². The van der Waals surface area contributed by atoms with Gasteiger partial charge in [-0.15, -0.1) is 0 Å². The fraction of sp³-hybridized carbons (Fsp3) is 0.333. The molecule has 1 amide bonds. The maximum absolute atomic E-state index is 11.6. The van der Waals surface area contributed by atoms with Crippen LogP contribution in [0.2, 0.25) is 0 Å². The van der Waals surface area contributed by atoms with Crippen molar-refractivity contribution in [1.82, 2.24) is 29.7 Å². The number of likely N-dealkylation sites (N-methyl/N-ethyl adjacent to an activating group) is 1. The molecule has 0 atom stereocenters. The number of aryl methyl sites for hydroxylation is 2. The number of rotatable bonds is 6. The van der Waals surface area contributed by atoms with Gasteiger partial charge in [-0.1, -0.05) is 6.07 Å². The second-order valence-electron chi connectivity index (χ2n) is 7.77. The molecular formula is C21H27N9O. The van der Waals surface area contributed by atoms with Gasteiger partial charge < -0.3 is 21.4 Å². The molecule has 1 aromatic carbocycles. The number of nitrogens with one attached hydrogen (secondary N) is 2. The summed E-state index contributed by atoms with van der Waals surface area (Å²) >= 11 is 0. The van der Waals surface area contributed by atoms with Crippen molar-refractivity contribution < 1.29 is 4.79 Å². The predicted molar refractivity (Wildman–Crippen MR) is 120 cm³/mol. The highest BCUT2D eigenvalue weighted by Gasteiger charge is 2.16. The summed E-state index contributed by atoms with van der Waals surface area (Å²) in [7, 11) is 2.12. The smallest absolute Gasteiger partial charge is 0.248 e. The maximum Gasteiger partial charge on any atom is 0.248 e. The zero-order valence-electron chi connectivity index (χ0n) is 18.0. The van der Waals surface area contributed by atoms with Gasteiger partial charge in [0.25, 0.3) is 0 Å². The van der Waals surface area contributed by atoms with E-state index in [1.165, 1.54) is 6.33 Å². The first kappa shape index (κ1) is 20.8. The molecule has 0 unspecified atom stereocenters. The summed E-state index contributed by atoms with van der Waals surface area (Å²) < 4.78 is 1.72. The number of hydrogen-bond donors (Lipinski definition) is 3. The summed E-state index contributed by atoms with van der Waals surface area (Å²) in [5, 5.41) is 10.1. The first-order valence-corrected chi connectivity index (χ1v) is 10.2. The van der Waals surface area contributed by atoms with E-state index in [1.54, 1.807) is 16.8 Å². The van der Waals surface area contributed by atoms with Gasteiger partial charge in [-0.05, 0) is 38.6 Å². The minimum Gasteiger partial charge on any atom is -0.366 e. The van der Waals surface area contributed by atoms with Crippen LogP contribution in [0.4, 0.5) is 17.3 Å². The summed E-state index contributed by atoms with van der Waals surface area (Å²) in [6.07, 6.45) is 1.52. The Morgan fingerprint density at radius 1 is 1.06 bits per heavy atom. The fourth-order valence-corrected chi connectivity index (χ4v) is 3.42. The number of benzene rings is 1. The van der Waals surface area contributed by atoms with Crippen LogP contribution in [0.25, 0.3) is 5.82 Å². The van der Waals surface area contributed by atoms with Gasteiger partial charge in [0.15, 0.2) is 5.82 Å². The zero-order valence-corrected chi connectivity index (χ0v) is 18.0. The Kier molecular flexibility index (Phi) is 5.83. The van der Waals surface area contributed by atoms with Crippen molar-refractivity contribution in [2.24, 2.45) is 5.73 Å². The summed E-state index contributed by atoms with van der Waals surface area (Å²) in [4.78, 5) is 22.6. The van der Waals surface area contributed by atoms with Gasteiger partial charge in [0, 0.05) is 49.6 Å². The molecule has 0 saturated carbocycles. The molecule has 2 aromatic heterocycles. The van der Waals surface area contributed by atoms with E-state index < -0.39 is 5.91 Å². The van der Waals surface area contributed by atoms with Crippen LogP contribution >= 0.6 is 0 Å². The van der Waals surface area contributed by atoms with Crippen LogP contribution in [0, 0.1) is 13.8 Å². The first-order valence-electron chi connectivity index (χ1n) is 10.2. The molecule has 4 rings (SSSR count). The topological polar surface area (TPSA) is 117 Å². The van der Waals surface area contributed by atoms with Gasteiger partial charge in [0.05, 0.1) is 5.69 Å². The number of piperazine rings is 1. The second kappa shape index (κ2) is 8.70. The van der Waals surface area contributed by atoms with Crippen molar-refractivity contribution in [3.63, 3.8) is 0 Å². The summed E-state index contributed by atoms with van der Waals surface area (Å²) in [6, 6.07) is 9.10. The molecule has 3 aromatic rings. The van der Waals surface area contributed by atoms with Crippen molar-refractivity contribution in [2.75, 3.05) is 44.0 Å². The van der Waals surface area contributed by atoms with E-state index in [0.717, 1.165) is 48.9 Å². The predicted octanol–water partition coefficient (Wildman–Crippen LogP) is 1.70. The van der Waals surface area contributed by atoms with Gasteiger partial charge in [-0.2, -0.15) is 9.78 Å². The lowest BCUT2D eigenvalue weighted by Gasteiger charge is -2.32. The van der Waals surface area contributed by atoms with Gasteiger partial charge in [0.2, 0.25) is 5.91 Å². The van der Waals surface area contributed by atoms with Gasteiger partial charge in [-0.25, -0.2) is 15.0 Å². The Morgan fingerprint density at radius 3 is 2.58 bits per heavy atom. The third-order valence-electron chi connectivity index (χ3n) is 5.26. The Balaban J connectivity index is 1.59. The monoisotopic (exact) mass is 421 g/mol. The van der Waals surface area contributed by atoms with E-state index in [2.05, 4.69) is 42.8 Å². The molecule has 162 valence electrons. The van der Waals surface area contributed by atoms with E-state index in [4.69, 9.17) is 5.73 Å². The molecule has 0 aliphatic carbocycles. The standard InChI is InChI=1S/C21H27N9O/c1-14-4-5-16(21(22)31)11-17(14)25-20-10-15(2)26-30(20)19-12-18(23-13-24-19)27-29-8-6-28(3)7-9-29/h4-5,10-13,25H,6-9H2,1-3H3,(H2,22,31)(H,23,24,27). The number of carbonyl (C=O) groups is 1. The number of nitrogens with two attached hydrogens (primary N) is 1. The molecule has 10 heteroatoms. The molecule has 1 aliphatic heterocycles.